The van der Waals surface area contributed by atoms with E-state index in [0.29, 0.717) is 53.6 Å². The fraction of sp³-hybridized carbons (Fsp3) is 0.409. The number of hydrogen-bond acceptors (Lipinski definition) is 5. The third kappa shape index (κ3) is 4.24. The minimum absolute atomic E-state index is 0.302. The highest BCUT2D eigenvalue weighted by Crippen LogP contribution is 2.33. The molecule has 6 nitrogen and oxygen atoms in total. The topological polar surface area (TPSA) is 61.9 Å². The lowest BCUT2D eigenvalue weighted by Gasteiger charge is -2.40. The second-order valence-electron chi connectivity index (χ2n) is 8.02. The molecule has 2 aromatic carbocycles. The van der Waals surface area contributed by atoms with E-state index in [1.165, 1.54) is 10.6 Å². The van der Waals surface area contributed by atoms with Gasteiger partial charge in [-0.05, 0) is 37.3 Å². The number of nitrogens with zero attached hydrogens (tertiary/aromatic N) is 3. The highest BCUT2D eigenvalue weighted by molar-refractivity contribution is 6.32. The van der Waals surface area contributed by atoms with Crippen molar-refractivity contribution in [1.82, 2.24) is 9.47 Å². The van der Waals surface area contributed by atoms with Gasteiger partial charge in [-0.25, -0.2) is 4.79 Å². The number of hydrogen-bond donors (Lipinski definition) is 1. The highest BCUT2D eigenvalue weighted by atomic mass is 35.5. The number of anilines is 1. The number of aromatic nitrogens is 1. The van der Waals surface area contributed by atoms with Crippen molar-refractivity contribution in [3.05, 3.63) is 63.1 Å². The third-order valence-electron chi connectivity index (χ3n) is 6.12. The molecule has 0 saturated carbocycles. The van der Waals surface area contributed by atoms with Crippen LogP contribution in [0.15, 0.2) is 45.6 Å². The number of fused-ring (bicyclic) bond motifs is 1. The Hall–Kier alpha value is -2.49. The van der Waals surface area contributed by atoms with Gasteiger partial charge >= 0.3 is 11.9 Å². The first-order valence-electron chi connectivity index (χ1n) is 10.2. The molecule has 1 fully saturated rings. The Morgan fingerprint density at radius 2 is 1.81 bits per heavy atom. The van der Waals surface area contributed by atoms with Crippen LogP contribution in [0.2, 0.25) is 5.02 Å². The average Bonchev–Trinajstić information content (AvgIpc) is 3.04. The zero-order valence-electron chi connectivity index (χ0n) is 17.6. The molecule has 0 spiro atoms. The lowest BCUT2D eigenvalue weighted by molar-refractivity contribution is -0.137. The molecule has 0 unspecified atom stereocenters. The lowest BCUT2D eigenvalue weighted by Crippen LogP contribution is -2.51. The lowest BCUT2D eigenvalue weighted by atomic mass is 10.0. The summed E-state index contributed by atoms with van der Waals surface area (Å²) in [7, 11) is 1.58. The molecule has 1 saturated heterocycles. The number of aliphatic hydroxyl groups excluding tert-OH is 1. The smallest absolute Gasteiger partial charge is 0.408 e. The van der Waals surface area contributed by atoms with Gasteiger partial charge in [0.25, 0.3) is 0 Å². The molecule has 3 aromatic rings. The SMILES string of the molecule is C[C@H]([C@H](O)c1cc2oc(=O)n(C)c2cc1Cl)N1CCN(c2cccc(C(F)(F)F)c2)CC1. The molecule has 0 amide bonds. The van der Waals surface area contributed by atoms with Crippen LogP contribution in [0.3, 0.4) is 0 Å². The van der Waals surface area contributed by atoms with E-state index in [9.17, 15) is 23.1 Å². The molecule has 0 bridgehead atoms. The van der Waals surface area contributed by atoms with Crippen molar-refractivity contribution in [2.45, 2.75) is 25.2 Å². The predicted molar refractivity (Wildman–Crippen MR) is 116 cm³/mol. The van der Waals surface area contributed by atoms with Gasteiger partial charge in [-0.3, -0.25) is 9.47 Å². The number of oxazole rings is 1. The summed E-state index contributed by atoms with van der Waals surface area (Å²) in [5, 5.41) is 11.3. The van der Waals surface area contributed by atoms with Gasteiger partial charge in [-0.1, -0.05) is 17.7 Å². The van der Waals surface area contributed by atoms with Crippen molar-refractivity contribution in [2.24, 2.45) is 7.05 Å². The molecule has 0 aliphatic carbocycles. The Kier molecular flexibility index (Phi) is 6.00. The van der Waals surface area contributed by atoms with Gasteiger partial charge in [0.05, 0.1) is 17.2 Å². The standard InChI is InChI=1S/C22H23ClF3N3O3/c1-13(20(30)16-11-19-18(12-17(16)23)27(2)21(31)32-19)28-6-8-29(9-7-28)15-5-3-4-14(10-15)22(24,25)26/h3-5,10-13,20,30H,6-9H2,1-2H3/t13-,20+/m1/s1. The van der Waals surface area contributed by atoms with E-state index in [-0.39, 0.29) is 6.04 Å². The summed E-state index contributed by atoms with van der Waals surface area (Å²) in [6.07, 6.45) is -5.31. The molecule has 10 heteroatoms. The van der Waals surface area contributed by atoms with Crippen LogP contribution in [0.4, 0.5) is 18.9 Å². The molecule has 1 N–H and O–H groups in total. The monoisotopic (exact) mass is 469 g/mol. The summed E-state index contributed by atoms with van der Waals surface area (Å²) in [6, 6.07) is 8.19. The molecule has 32 heavy (non-hydrogen) atoms. The summed E-state index contributed by atoms with van der Waals surface area (Å²) >= 11 is 6.38. The van der Waals surface area contributed by atoms with Gasteiger partial charge < -0.3 is 14.4 Å². The van der Waals surface area contributed by atoms with Crippen molar-refractivity contribution in [3.8, 4) is 0 Å². The number of aryl methyl sites for hydroxylation is 1. The minimum atomic E-state index is -4.38. The van der Waals surface area contributed by atoms with Crippen LogP contribution in [-0.4, -0.2) is 46.8 Å². The Morgan fingerprint density at radius 1 is 1.12 bits per heavy atom. The van der Waals surface area contributed by atoms with E-state index in [2.05, 4.69) is 4.90 Å². The van der Waals surface area contributed by atoms with Crippen LogP contribution in [-0.2, 0) is 13.2 Å². The van der Waals surface area contributed by atoms with E-state index in [4.69, 9.17) is 16.0 Å². The fourth-order valence-corrected chi connectivity index (χ4v) is 4.39. The van der Waals surface area contributed by atoms with Gasteiger partial charge in [0.2, 0.25) is 0 Å². The second-order valence-corrected chi connectivity index (χ2v) is 8.43. The van der Waals surface area contributed by atoms with E-state index in [1.807, 2.05) is 11.8 Å². The summed E-state index contributed by atoms with van der Waals surface area (Å²) in [6.45, 7) is 4.05. The molecule has 4 rings (SSSR count). The largest absolute Gasteiger partial charge is 0.419 e. The minimum Gasteiger partial charge on any atom is -0.408 e. The maximum Gasteiger partial charge on any atom is 0.419 e. The van der Waals surface area contributed by atoms with Gasteiger partial charge in [0.1, 0.15) is 0 Å². The van der Waals surface area contributed by atoms with E-state index in [0.717, 1.165) is 12.1 Å². The fourth-order valence-electron chi connectivity index (χ4n) is 4.12. The third-order valence-corrected chi connectivity index (χ3v) is 6.44. The highest BCUT2D eigenvalue weighted by Gasteiger charge is 2.32. The van der Waals surface area contributed by atoms with Crippen molar-refractivity contribution < 1.29 is 22.7 Å². The number of alkyl halides is 3. The zero-order chi connectivity index (χ0) is 23.2. The Balaban J connectivity index is 1.47. The quantitative estimate of drug-likeness (QED) is 0.624. The molecule has 2 heterocycles. The van der Waals surface area contributed by atoms with Crippen molar-refractivity contribution in [3.63, 3.8) is 0 Å². The summed E-state index contributed by atoms with van der Waals surface area (Å²) in [4.78, 5) is 15.7. The first-order valence-corrected chi connectivity index (χ1v) is 10.6. The van der Waals surface area contributed by atoms with Crippen molar-refractivity contribution >= 4 is 28.4 Å². The molecular formula is C22H23ClF3N3O3. The summed E-state index contributed by atoms with van der Waals surface area (Å²) in [5.74, 6) is -0.513. The first-order chi connectivity index (χ1) is 15.1. The second kappa shape index (κ2) is 8.46. The maximum atomic E-state index is 13.0. The van der Waals surface area contributed by atoms with Crippen molar-refractivity contribution in [2.75, 3.05) is 31.1 Å². The first kappa shape index (κ1) is 22.7. The van der Waals surface area contributed by atoms with Crippen LogP contribution in [0.25, 0.3) is 11.1 Å². The molecule has 0 radical (unpaired) electrons. The molecule has 1 aliphatic heterocycles. The number of rotatable bonds is 4. The summed E-state index contributed by atoms with van der Waals surface area (Å²) < 4.78 is 45.6. The van der Waals surface area contributed by atoms with E-state index in [1.54, 1.807) is 25.2 Å². The van der Waals surface area contributed by atoms with Crippen LogP contribution in [0.1, 0.15) is 24.2 Å². The Bertz CT molecular complexity index is 1180. The normalized spacial score (nSPS) is 17.7. The van der Waals surface area contributed by atoms with E-state index >= 15 is 0 Å². The Labute approximate surface area is 187 Å². The number of halogens is 4. The van der Waals surface area contributed by atoms with Crippen LogP contribution < -0.4 is 10.7 Å². The maximum absolute atomic E-state index is 13.0. The van der Waals surface area contributed by atoms with Gasteiger partial charge in [-0.2, -0.15) is 13.2 Å². The number of piperazine rings is 1. The number of aliphatic hydroxyl groups is 1. The van der Waals surface area contributed by atoms with Crippen LogP contribution in [0, 0.1) is 0 Å². The summed E-state index contributed by atoms with van der Waals surface area (Å²) in [5.41, 5.74) is 1.20. The van der Waals surface area contributed by atoms with Crippen LogP contribution in [0.5, 0.6) is 0 Å². The number of benzene rings is 2. The molecule has 2 atom stereocenters. The molecular weight excluding hydrogens is 447 g/mol. The van der Waals surface area contributed by atoms with Gasteiger partial charge in [0.15, 0.2) is 5.58 Å². The molecule has 172 valence electrons. The molecule has 1 aliphatic rings. The zero-order valence-corrected chi connectivity index (χ0v) is 18.3. The average molecular weight is 470 g/mol. The Morgan fingerprint density at radius 3 is 2.47 bits per heavy atom. The molecule has 1 aromatic heterocycles. The van der Waals surface area contributed by atoms with E-state index < -0.39 is 23.6 Å². The van der Waals surface area contributed by atoms with Crippen molar-refractivity contribution in [1.29, 1.82) is 0 Å². The predicted octanol–water partition coefficient (Wildman–Crippen LogP) is 4.05. The van der Waals surface area contributed by atoms with Crippen LogP contribution >= 0.6 is 11.6 Å². The van der Waals surface area contributed by atoms with Gasteiger partial charge in [-0.15, -0.1) is 0 Å². The van der Waals surface area contributed by atoms with Gasteiger partial charge in [0, 0.05) is 55.5 Å².